The maximum Gasteiger partial charge on any atom is 0.238 e. The van der Waals surface area contributed by atoms with Crippen LogP contribution in [0.25, 0.3) is 0 Å². The van der Waals surface area contributed by atoms with E-state index in [1.165, 1.54) is 0 Å². The molecular formula is C13H19ClN2O. The summed E-state index contributed by atoms with van der Waals surface area (Å²) < 4.78 is 0. The molecule has 0 aliphatic carbocycles. The summed E-state index contributed by atoms with van der Waals surface area (Å²) in [5.41, 5.74) is 1.69. The fraction of sp³-hybridized carbons (Fsp3) is 0.462. The topological polar surface area (TPSA) is 41.1 Å². The zero-order chi connectivity index (χ0) is 13.1. The second kappa shape index (κ2) is 5.52. The van der Waals surface area contributed by atoms with E-state index in [-0.39, 0.29) is 18.0 Å². The molecule has 0 bridgehead atoms. The Labute approximate surface area is 108 Å². The summed E-state index contributed by atoms with van der Waals surface area (Å²) in [5, 5.41) is 6.59. The molecule has 0 aliphatic heterocycles. The van der Waals surface area contributed by atoms with E-state index < -0.39 is 0 Å². The molecule has 0 heterocycles. The number of hydrogen-bond donors (Lipinski definition) is 2. The summed E-state index contributed by atoms with van der Waals surface area (Å²) in [4.78, 5) is 11.7. The Hall–Kier alpha value is -1.06. The van der Waals surface area contributed by atoms with E-state index in [4.69, 9.17) is 11.6 Å². The van der Waals surface area contributed by atoms with Crippen LogP contribution in [0.3, 0.4) is 0 Å². The van der Waals surface area contributed by atoms with E-state index in [0.29, 0.717) is 5.02 Å². The first-order chi connectivity index (χ1) is 7.78. The van der Waals surface area contributed by atoms with Crippen molar-refractivity contribution in [2.45, 2.75) is 33.2 Å². The third kappa shape index (κ3) is 5.20. The Morgan fingerprint density at radius 2 is 2.00 bits per heavy atom. The van der Waals surface area contributed by atoms with Gasteiger partial charge < -0.3 is 10.6 Å². The number of amides is 1. The molecule has 3 nitrogen and oxygen atoms in total. The molecule has 1 amide bonds. The van der Waals surface area contributed by atoms with E-state index in [1.54, 1.807) is 12.1 Å². The second-order valence-corrected chi connectivity index (χ2v) is 5.55. The highest BCUT2D eigenvalue weighted by atomic mass is 35.5. The van der Waals surface area contributed by atoms with Crippen molar-refractivity contribution in [1.29, 1.82) is 0 Å². The highest BCUT2D eigenvalue weighted by Gasteiger charge is 2.11. The summed E-state index contributed by atoms with van der Waals surface area (Å²) in [6.45, 7) is 8.28. The van der Waals surface area contributed by atoms with Crippen molar-refractivity contribution in [1.82, 2.24) is 5.32 Å². The standard InChI is InChI=1S/C13H19ClN2O/c1-9-5-6-10(14)7-11(9)16-12(17)8-15-13(2,3)4/h5-7,15H,8H2,1-4H3,(H,16,17). The number of anilines is 1. The van der Waals surface area contributed by atoms with Gasteiger partial charge in [-0.15, -0.1) is 0 Å². The lowest BCUT2D eigenvalue weighted by atomic mass is 10.1. The maximum absolute atomic E-state index is 11.7. The van der Waals surface area contributed by atoms with Crippen LogP contribution in [-0.4, -0.2) is 18.0 Å². The smallest absolute Gasteiger partial charge is 0.238 e. The molecule has 0 saturated heterocycles. The monoisotopic (exact) mass is 254 g/mol. The zero-order valence-electron chi connectivity index (χ0n) is 10.7. The second-order valence-electron chi connectivity index (χ2n) is 5.11. The summed E-state index contributed by atoms with van der Waals surface area (Å²) in [6, 6.07) is 5.45. The summed E-state index contributed by atoms with van der Waals surface area (Å²) in [5.74, 6) is -0.0645. The van der Waals surface area contributed by atoms with Crippen molar-refractivity contribution in [3.63, 3.8) is 0 Å². The number of carbonyl (C=O) groups excluding carboxylic acids is 1. The molecule has 0 unspecified atom stereocenters. The van der Waals surface area contributed by atoms with Crippen molar-refractivity contribution >= 4 is 23.2 Å². The normalized spacial score (nSPS) is 11.4. The van der Waals surface area contributed by atoms with E-state index in [2.05, 4.69) is 10.6 Å². The third-order valence-corrected chi connectivity index (χ3v) is 2.49. The Kier molecular flexibility index (Phi) is 4.54. The molecule has 94 valence electrons. The van der Waals surface area contributed by atoms with Crippen LogP contribution < -0.4 is 10.6 Å². The molecule has 0 fully saturated rings. The molecule has 0 aliphatic rings. The van der Waals surface area contributed by atoms with E-state index in [9.17, 15) is 4.79 Å². The molecule has 1 aromatic carbocycles. The van der Waals surface area contributed by atoms with Crippen molar-refractivity contribution in [2.24, 2.45) is 0 Å². The highest BCUT2D eigenvalue weighted by Crippen LogP contribution is 2.19. The van der Waals surface area contributed by atoms with Crippen LogP contribution >= 0.6 is 11.6 Å². The number of benzene rings is 1. The molecule has 0 aromatic heterocycles. The number of carbonyl (C=O) groups is 1. The molecule has 1 aromatic rings. The van der Waals surface area contributed by atoms with Gasteiger partial charge in [-0.2, -0.15) is 0 Å². The minimum Gasteiger partial charge on any atom is -0.325 e. The number of hydrogen-bond acceptors (Lipinski definition) is 2. The van der Waals surface area contributed by atoms with Gasteiger partial charge in [-0.3, -0.25) is 4.79 Å². The highest BCUT2D eigenvalue weighted by molar-refractivity contribution is 6.31. The first kappa shape index (κ1) is 14.0. The third-order valence-electron chi connectivity index (χ3n) is 2.25. The van der Waals surface area contributed by atoms with Crippen molar-refractivity contribution in [2.75, 3.05) is 11.9 Å². The molecular weight excluding hydrogens is 236 g/mol. The molecule has 0 atom stereocenters. The van der Waals surface area contributed by atoms with Gasteiger partial charge in [0.05, 0.1) is 6.54 Å². The molecule has 0 radical (unpaired) electrons. The molecule has 2 N–H and O–H groups in total. The Bertz CT molecular complexity index is 410. The quantitative estimate of drug-likeness (QED) is 0.871. The Balaban J connectivity index is 2.59. The van der Waals surface area contributed by atoms with Gasteiger partial charge in [0.2, 0.25) is 5.91 Å². The van der Waals surface area contributed by atoms with Crippen molar-refractivity contribution in [3.05, 3.63) is 28.8 Å². The average Bonchev–Trinajstić information content (AvgIpc) is 2.20. The fourth-order valence-corrected chi connectivity index (χ4v) is 1.44. The zero-order valence-corrected chi connectivity index (χ0v) is 11.5. The van der Waals surface area contributed by atoms with Crippen molar-refractivity contribution < 1.29 is 4.79 Å². The predicted octanol–water partition coefficient (Wildman–Crippen LogP) is 2.98. The average molecular weight is 255 g/mol. The van der Waals surface area contributed by atoms with E-state index in [0.717, 1.165) is 11.3 Å². The van der Waals surface area contributed by atoms with Crippen LogP contribution in [0, 0.1) is 6.92 Å². The molecule has 0 spiro atoms. The van der Waals surface area contributed by atoms with Crippen LogP contribution in [0.5, 0.6) is 0 Å². The fourth-order valence-electron chi connectivity index (χ4n) is 1.27. The minimum atomic E-state index is -0.0687. The van der Waals surface area contributed by atoms with Gasteiger partial charge in [-0.1, -0.05) is 17.7 Å². The first-order valence-corrected chi connectivity index (χ1v) is 5.97. The maximum atomic E-state index is 11.7. The summed E-state index contributed by atoms with van der Waals surface area (Å²) in [7, 11) is 0. The Morgan fingerprint density at radius 1 is 1.35 bits per heavy atom. The lowest BCUT2D eigenvalue weighted by Gasteiger charge is -2.20. The Morgan fingerprint density at radius 3 is 2.59 bits per heavy atom. The largest absolute Gasteiger partial charge is 0.325 e. The van der Waals surface area contributed by atoms with E-state index in [1.807, 2.05) is 33.8 Å². The lowest BCUT2D eigenvalue weighted by molar-refractivity contribution is -0.115. The van der Waals surface area contributed by atoms with Crippen LogP contribution in [0.2, 0.25) is 5.02 Å². The molecule has 17 heavy (non-hydrogen) atoms. The van der Waals surface area contributed by atoms with Crippen LogP contribution in [0.15, 0.2) is 18.2 Å². The van der Waals surface area contributed by atoms with Crippen LogP contribution in [0.1, 0.15) is 26.3 Å². The molecule has 1 rings (SSSR count). The van der Waals surface area contributed by atoms with Gasteiger partial charge in [0.25, 0.3) is 0 Å². The van der Waals surface area contributed by atoms with Crippen LogP contribution in [0.4, 0.5) is 5.69 Å². The number of nitrogens with one attached hydrogen (secondary N) is 2. The number of aryl methyl sites for hydroxylation is 1. The van der Waals surface area contributed by atoms with Crippen LogP contribution in [-0.2, 0) is 4.79 Å². The van der Waals surface area contributed by atoms with Crippen molar-refractivity contribution in [3.8, 4) is 0 Å². The van der Waals surface area contributed by atoms with Gasteiger partial charge in [0, 0.05) is 16.2 Å². The van der Waals surface area contributed by atoms with Gasteiger partial charge in [0.15, 0.2) is 0 Å². The molecule has 0 saturated carbocycles. The van der Waals surface area contributed by atoms with Gasteiger partial charge in [-0.25, -0.2) is 0 Å². The van der Waals surface area contributed by atoms with Gasteiger partial charge in [0.1, 0.15) is 0 Å². The first-order valence-electron chi connectivity index (χ1n) is 5.59. The summed E-state index contributed by atoms with van der Waals surface area (Å²) in [6.07, 6.45) is 0. The van der Waals surface area contributed by atoms with Gasteiger partial charge >= 0.3 is 0 Å². The molecule has 4 heteroatoms. The number of rotatable bonds is 3. The lowest BCUT2D eigenvalue weighted by Crippen LogP contribution is -2.41. The minimum absolute atomic E-state index is 0.0645. The van der Waals surface area contributed by atoms with Gasteiger partial charge in [-0.05, 0) is 45.4 Å². The SMILES string of the molecule is Cc1ccc(Cl)cc1NC(=O)CNC(C)(C)C. The number of halogens is 1. The van der Waals surface area contributed by atoms with E-state index >= 15 is 0 Å². The predicted molar refractivity (Wildman–Crippen MR) is 72.6 cm³/mol. The summed E-state index contributed by atoms with van der Waals surface area (Å²) >= 11 is 5.88.